The molecule has 2 N–H and O–H groups in total. The van der Waals surface area contributed by atoms with Gasteiger partial charge in [-0.2, -0.15) is 5.26 Å². The van der Waals surface area contributed by atoms with E-state index in [9.17, 15) is 19.6 Å². The largest absolute Gasteiger partial charge is 0.449 e. The molecule has 2 saturated heterocycles. The number of pyridine rings is 2. The van der Waals surface area contributed by atoms with Gasteiger partial charge in [-0.05, 0) is 43.7 Å². The number of carbonyl (C=O) groups is 3. The fourth-order valence-electron chi connectivity index (χ4n) is 4.86. The van der Waals surface area contributed by atoms with Gasteiger partial charge in [0.1, 0.15) is 23.4 Å². The number of anilines is 3. The molecule has 3 aliphatic rings. The van der Waals surface area contributed by atoms with Gasteiger partial charge in [-0.1, -0.05) is 0 Å². The molecule has 12 nitrogen and oxygen atoms in total. The SMILES string of the molecule is N#Cc1cnc(NC(=O)N2CCCc3cc(CN4CCCCOC4=O)c(C=O)nc32)cc1N[C@H]1CCOC1. The third kappa shape index (κ3) is 5.52. The van der Waals surface area contributed by atoms with E-state index in [1.54, 1.807) is 11.0 Å². The van der Waals surface area contributed by atoms with Crippen molar-refractivity contribution in [2.45, 2.75) is 44.7 Å². The number of nitrogens with one attached hydrogen (secondary N) is 2. The van der Waals surface area contributed by atoms with Crippen molar-refractivity contribution < 1.29 is 23.9 Å². The predicted octanol–water partition coefficient (Wildman–Crippen LogP) is 3.08. The van der Waals surface area contributed by atoms with E-state index < -0.39 is 12.1 Å². The minimum atomic E-state index is -0.438. The maximum atomic E-state index is 13.3. The van der Waals surface area contributed by atoms with Crippen molar-refractivity contribution in [1.29, 1.82) is 5.26 Å². The Labute approximate surface area is 219 Å². The van der Waals surface area contributed by atoms with Crippen molar-refractivity contribution in [2.24, 2.45) is 0 Å². The van der Waals surface area contributed by atoms with Crippen molar-refractivity contribution in [3.05, 3.63) is 40.7 Å². The van der Waals surface area contributed by atoms with Gasteiger partial charge in [0, 0.05) is 37.5 Å². The first-order valence-corrected chi connectivity index (χ1v) is 12.8. The lowest BCUT2D eigenvalue weighted by molar-refractivity contribution is 0.109. The summed E-state index contributed by atoms with van der Waals surface area (Å²) < 4.78 is 10.6. The topological polar surface area (TPSA) is 150 Å². The van der Waals surface area contributed by atoms with Crippen molar-refractivity contribution in [1.82, 2.24) is 14.9 Å². The van der Waals surface area contributed by atoms with Crippen LogP contribution < -0.4 is 15.5 Å². The highest BCUT2D eigenvalue weighted by Crippen LogP contribution is 2.29. The molecule has 2 aromatic heterocycles. The highest BCUT2D eigenvalue weighted by Gasteiger charge is 2.28. The molecular weight excluding hydrogens is 490 g/mol. The fraction of sp³-hybridized carbons (Fsp3) is 0.462. The number of aromatic nitrogens is 2. The molecule has 38 heavy (non-hydrogen) atoms. The molecule has 5 heterocycles. The summed E-state index contributed by atoms with van der Waals surface area (Å²) in [5.41, 5.74) is 2.58. The van der Waals surface area contributed by atoms with E-state index in [1.807, 2.05) is 6.07 Å². The van der Waals surface area contributed by atoms with E-state index in [0.29, 0.717) is 74.7 Å². The summed E-state index contributed by atoms with van der Waals surface area (Å²) in [7, 11) is 0. The van der Waals surface area contributed by atoms with Gasteiger partial charge in [-0.25, -0.2) is 19.6 Å². The van der Waals surface area contributed by atoms with Gasteiger partial charge < -0.3 is 19.7 Å². The maximum Gasteiger partial charge on any atom is 0.410 e. The maximum absolute atomic E-state index is 13.3. The molecule has 3 aliphatic heterocycles. The first kappa shape index (κ1) is 25.4. The van der Waals surface area contributed by atoms with Crippen LogP contribution in [0.1, 0.15) is 52.9 Å². The molecule has 2 aromatic rings. The van der Waals surface area contributed by atoms with Crippen LogP contribution in [-0.2, 0) is 22.4 Å². The second-order valence-corrected chi connectivity index (χ2v) is 9.49. The van der Waals surface area contributed by atoms with Crippen molar-refractivity contribution in [3.8, 4) is 6.07 Å². The normalized spacial score (nSPS) is 19.1. The molecule has 0 unspecified atom stereocenters. The van der Waals surface area contributed by atoms with Crippen LogP contribution in [-0.4, -0.2) is 72.2 Å². The van der Waals surface area contributed by atoms with E-state index in [1.165, 1.54) is 11.1 Å². The Balaban J connectivity index is 1.35. The molecule has 198 valence electrons. The number of amides is 3. The number of fused-ring (bicyclic) bond motifs is 1. The molecule has 0 spiro atoms. The Morgan fingerprint density at radius 2 is 2.13 bits per heavy atom. The number of nitriles is 1. The first-order valence-electron chi connectivity index (χ1n) is 12.8. The van der Waals surface area contributed by atoms with Crippen LogP contribution in [0.3, 0.4) is 0 Å². The molecule has 2 fully saturated rings. The number of hydrogen-bond acceptors (Lipinski definition) is 9. The Hall–Kier alpha value is -4.24. The number of cyclic esters (lactones) is 1. The lowest BCUT2D eigenvalue weighted by Crippen LogP contribution is -2.40. The van der Waals surface area contributed by atoms with Gasteiger partial charge in [-0.15, -0.1) is 0 Å². The van der Waals surface area contributed by atoms with E-state index in [0.717, 1.165) is 24.8 Å². The summed E-state index contributed by atoms with van der Waals surface area (Å²) in [5, 5.41) is 15.5. The second kappa shape index (κ2) is 11.4. The number of hydrogen-bond donors (Lipinski definition) is 2. The molecule has 12 heteroatoms. The number of aryl methyl sites for hydroxylation is 1. The van der Waals surface area contributed by atoms with Crippen LogP contribution in [0.4, 0.5) is 26.9 Å². The molecule has 3 amide bonds. The summed E-state index contributed by atoms with van der Waals surface area (Å²) >= 11 is 0. The smallest absolute Gasteiger partial charge is 0.410 e. The van der Waals surface area contributed by atoms with E-state index in [4.69, 9.17) is 9.47 Å². The zero-order valence-corrected chi connectivity index (χ0v) is 20.9. The molecule has 0 bridgehead atoms. The Morgan fingerprint density at radius 3 is 2.92 bits per heavy atom. The van der Waals surface area contributed by atoms with Crippen molar-refractivity contribution in [3.63, 3.8) is 0 Å². The summed E-state index contributed by atoms with van der Waals surface area (Å²) in [6.07, 6.45) is 5.52. The molecule has 0 radical (unpaired) electrons. The number of ether oxygens (including phenoxy) is 2. The van der Waals surface area contributed by atoms with Crippen LogP contribution >= 0.6 is 0 Å². The van der Waals surface area contributed by atoms with Crippen LogP contribution in [0, 0.1) is 11.3 Å². The van der Waals surface area contributed by atoms with E-state index in [-0.39, 0.29) is 24.1 Å². The minimum absolute atomic E-state index is 0.0818. The fourth-order valence-corrected chi connectivity index (χ4v) is 4.86. The van der Waals surface area contributed by atoms with Crippen LogP contribution in [0.25, 0.3) is 0 Å². The number of urea groups is 1. The second-order valence-electron chi connectivity index (χ2n) is 9.49. The summed E-state index contributed by atoms with van der Waals surface area (Å²) in [5.74, 6) is 0.697. The molecule has 1 atom stereocenters. The number of carbonyl (C=O) groups excluding carboxylic acids is 3. The van der Waals surface area contributed by atoms with Gasteiger partial charge in [0.15, 0.2) is 6.29 Å². The first-order chi connectivity index (χ1) is 18.6. The molecule has 0 saturated carbocycles. The van der Waals surface area contributed by atoms with Crippen molar-refractivity contribution in [2.75, 3.05) is 48.4 Å². The number of rotatable bonds is 6. The minimum Gasteiger partial charge on any atom is -0.449 e. The predicted molar refractivity (Wildman–Crippen MR) is 137 cm³/mol. The third-order valence-electron chi connectivity index (χ3n) is 6.85. The zero-order chi connectivity index (χ0) is 26.5. The lowest BCUT2D eigenvalue weighted by Gasteiger charge is -2.29. The molecule has 0 aromatic carbocycles. The number of aldehydes is 1. The van der Waals surface area contributed by atoms with Crippen LogP contribution in [0.5, 0.6) is 0 Å². The Kier molecular flexibility index (Phi) is 7.65. The van der Waals surface area contributed by atoms with Gasteiger partial charge in [0.2, 0.25) is 0 Å². The highest BCUT2D eigenvalue weighted by atomic mass is 16.6. The molecular formula is C26H29N7O5. The number of nitrogens with zero attached hydrogens (tertiary/aromatic N) is 5. The van der Waals surface area contributed by atoms with Gasteiger partial charge in [0.05, 0.1) is 37.1 Å². The quantitative estimate of drug-likeness (QED) is 0.549. The molecule has 0 aliphatic carbocycles. The van der Waals surface area contributed by atoms with Crippen LogP contribution in [0.15, 0.2) is 18.3 Å². The standard InChI is InChI=1S/C26H29N7O5/c27-12-19-13-28-23(11-21(19)29-20-5-9-37-16-20)31-25(35)33-7-3-4-17-10-18(22(15-34)30-24(17)33)14-32-6-1-2-8-38-26(32)36/h10-11,13,15,20H,1-9,14,16H2,(H2,28,29,31,35)/t20-/m0/s1. The summed E-state index contributed by atoms with van der Waals surface area (Å²) in [6.45, 7) is 2.78. The zero-order valence-electron chi connectivity index (χ0n) is 20.9. The average Bonchev–Trinajstić information content (AvgIpc) is 3.36. The highest BCUT2D eigenvalue weighted by molar-refractivity contribution is 6.01. The average molecular weight is 520 g/mol. The van der Waals surface area contributed by atoms with Crippen LogP contribution in [0.2, 0.25) is 0 Å². The van der Waals surface area contributed by atoms with Gasteiger partial charge >= 0.3 is 12.1 Å². The molecule has 5 rings (SSSR count). The summed E-state index contributed by atoms with van der Waals surface area (Å²) in [6, 6.07) is 5.25. The Bertz CT molecular complexity index is 1270. The van der Waals surface area contributed by atoms with E-state index >= 15 is 0 Å². The van der Waals surface area contributed by atoms with Crippen molar-refractivity contribution >= 4 is 35.7 Å². The summed E-state index contributed by atoms with van der Waals surface area (Å²) in [4.78, 5) is 49.4. The lowest BCUT2D eigenvalue weighted by atomic mass is 10.0. The monoisotopic (exact) mass is 519 g/mol. The van der Waals surface area contributed by atoms with Gasteiger partial charge in [0.25, 0.3) is 0 Å². The van der Waals surface area contributed by atoms with Gasteiger partial charge in [-0.3, -0.25) is 15.0 Å². The van der Waals surface area contributed by atoms with E-state index in [2.05, 4.69) is 26.7 Å². The third-order valence-corrected chi connectivity index (χ3v) is 6.85. The Morgan fingerprint density at radius 1 is 1.24 bits per heavy atom.